The Kier molecular flexibility index (Phi) is 5.95. The molecule has 0 aliphatic carbocycles. The number of nitrogens with one attached hydrogen (secondary N) is 1. The van der Waals surface area contributed by atoms with E-state index in [2.05, 4.69) is 17.4 Å². The Morgan fingerprint density at radius 3 is 2.66 bits per heavy atom. The first-order chi connectivity index (χ1) is 13.8. The van der Waals surface area contributed by atoms with Gasteiger partial charge in [-0.2, -0.15) is 13.2 Å². The SMILES string of the molecule is CCCCCNC(=O)c1c(-c2ccc(-c3cccc(C(F)(F)F)c3)o2)noc1N. The molecule has 0 saturated heterocycles. The summed E-state index contributed by atoms with van der Waals surface area (Å²) in [5, 5.41) is 6.53. The van der Waals surface area contributed by atoms with Crippen LogP contribution >= 0.6 is 0 Å². The molecule has 3 rings (SSSR count). The van der Waals surface area contributed by atoms with Crippen molar-refractivity contribution >= 4 is 11.8 Å². The number of alkyl halides is 3. The molecule has 154 valence electrons. The molecule has 3 aromatic rings. The quantitative estimate of drug-likeness (QED) is 0.530. The van der Waals surface area contributed by atoms with Gasteiger partial charge in [-0.05, 0) is 30.7 Å². The maximum atomic E-state index is 12.9. The zero-order chi connectivity index (χ0) is 21.0. The van der Waals surface area contributed by atoms with Gasteiger partial charge in [-0.25, -0.2) is 0 Å². The molecule has 2 aromatic heterocycles. The second-order valence-electron chi connectivity index (χ2n) is 6.48. The summed E-state index contributed by atoms with van der Waals surface area (Å²) >= 11 is 0. The van der Waals surface area contributed by atoms with Gasteiger partial charge in [0.25, 0.3) is 5.91 Å². The van der Waals surface area contributed by atoms with E-state index in [-0.39, 0.29) is 34.2 Å². The topological polar surface area (TPSA) is 94.3 Å². The molecule has 0 saturated carbocycles. The maximum absolute atomic E-state index is 12.9. The number of carbonyl (C=O) groups is 1. The Hall–Kier alpha value is -3.23. The molecule has 2 heterocycles. The summed E-state index contributed by atoms with van der Waals surface area (Å²) in [7, 11) is 0. The van der Waals surface area contributed by atoms with Gasteiger partial charge < -0.3 is 20.0 Å². The molecular formula is C20H20F3N3O3. The number of nitrogen functional groups attached to an aromatic ring is 1. The van der Waals surface area contributed by atoms with Crippen LogP contribution in [0.15, 0.2) is 45.3 Å². The van der Waals surface area contributed by atoms with Crippen molar-refractivity contribution in [2.45, 2.75) is 32.4 Å². The minimum atomic E-state index is -4.46. The fourth-order valence-corrected chi connectivity index (χ4v) is 2.82. The van der Waals surface area contributed by atoms with Gasteiger partial charge >= 0.3 is 6.18 Å². The van der Waals surface area contributed by atoms with Crippen molar-refractivity contribution in [2.24, 2.45) is 0 Å². The molecule has 0 aliphatic heterocycles. The Bertz CT molecular complexity index is 992. The summed E-state index contributed by atoms with van der Waals surface area (Å²) in [6.07, 6.45) is -1.65. The molecule has 0 radical (unpaired) electrons. The third-order valence-corrected chi connectivity index (χ3v) is 4.33. The van der Waals surface area contributed by atoms with Crippen LogP contribution in [0.5, 0.6) is 0 Å². The van der Waals surface area contributed by atoms with Gasteiger partial charge in [-0.3, -0.25) is 4.79 Å². The minimum absolute atomic E-state index is 0.0337. The third-order valence-electron chi connectivity index (χ3n) is 4.33. The molecule has 0 spiro atoms. The molecule has 0 unspecified atom stereocenters. The molecular weight excluding hydrogens is 387 g/mol. The standard InChI is InChI=1S/C20H20F3N3O3/c1-2-3-4-10-25-19(27)16-17(26-29-18(16)24)15-9-8-14(28-15)12-6-5-7-13(11-12)20(21,22)23/h5-9,11H,2-4,10,24H2,1H3,(H,25,27). The van der Waals surface area contributed by atoms with Crippen molar-refractivity contribution in [3.05, 3.63) is 47.5 Å². The van der Waals surface area contributed by atoms with Crippen LogP contribution in [0.4, 0.5) is 19.1 Å². The summed E-state index contributed by atoms with van der Waals surface area (Å²) in [5.41, 5.74) is 5.32. The zero-order valence-corrected chi connectivity index (χ0v) is 15.7. The first kappa shape index (κ1) is 20.5. The van der Waals surface area contributed by atoms with E-state index in [1.54, 1.807) is 0 Å². The second-order valence-corrected chi connectivity index (χ2v) is 6.48. The van der Waals surface area contributed by atoms with Crippen LogP contribution in [0.2, 0.25) is 0 Å². The van der Waals surface area contributed by atoms with Crippen molar-refractivity contribution in [1.82, 2.24) is 10.5 Å². The predicted molar refractivity (Wildman–Crippen MR) is 101 cm³/mol. The number of hydrogen-bond donors (Lipinski definition) is 2. The largest absolute Gasteiger partial charge is 0.454 e. The Balaban J connectivity index is 1.86. The number of nitrogens with two attached hydrogens (primary N) is 1. The van der Waals surface area contributed by atoms with Crippen molar-refractivity contribution in [1.29, 1.82) is 0 Å². The van der Waals surface area contributed by atoms with Crippen LogP contribution in [0, 0.1) is 0 Å². The first-order valence-electron chi connectivity index (χ1n) is 9.12. The van der Waals surface area contributed by atoms with Crippen molar-refractivity contribution < 1.29 is 26.9 Å². The van der Waals surface area contributed by atoms with Gasteiger partial charge in [0.1, 0.15) is 11.3 Å². The predicted octanol–water partition coefficient (Wildman–Crippen LogP) is 5.12. The highest BCUT2D eigenvalue weighted by atomic mass is 19.4. The summed E-state index contributed by atoms with van der Waals surface area (Å²) in [5.74, 6) is -0.254. The van der Waals surface area contributed by atoms with E-state index in [1.807, 2.05) is 0 Å². The smallest absolute Gasteiger partial charge is 0.416 e. The number of benzene rings is 1. The van der Waals surface area contributed by atoms with E-state index >= 15 is 0 Å². The van der Waals surface area contributed by atoms with E-state index in [1.165, 1.54) is 24.3 Å². The van der Waals surface area contributed by atoms with Crippen LogP contribution in [0.1, 0.15) is 42.1 Å². The van der Waals surface area contributed by atoms with E-state index in [9.17, 15) is 18.0 Å². The molecule has 0 aliphatic rings. The van der Waals surface area contributed by atoms with E-state index in [0.717, 1.165) is 31.4 Å². The van der Waals surface area contributed by atoms with Crippen LogP contribution in [-0.4, -0.2) is 17.6 Å². The van der Waals surface area contributed by atoms with Crippen molar-refractivity contribution in [2.75, 3.05) is 12.3 Å². The summed E-state index contributed by atoms with van der Waals surface area (Å²) in [4.78, 5) is 12.5. The summed E-state index contributed by atoms with van der Waals surface area (Å²) < 4.78 is 49.4. The number of unbranched alkanes of at least 4 members (excludes halogenated alkanes) is 2. The Morgan fingerprint density at radius 1 is 1.17 bits per heavy atom. The molecule has 1 amide bonds. The summed E-state index contributed by atoms with van der Waals surface area (Å²) in [6, 6.07) is 7.76. The average molecular weight is 407 g/mol. The third kappa shape index (κ3) is 4.61. The number of anilines is 1. The van der Waals surface area contributed by atoms with Gasteiger partial charge in [-0.1, -0.05) is 37.1 Å². The summed E-state index contributed by atoms with van der Waals surface area (Å²) in [6.45, 7) is 2.53. The second kappa shape index (κ2) is 8.42. The molecule has 0 fully saturated rings. The number of furan rings is 1. The number of aromatic nitrogens is 1. The number of rotatable bonds is 7. The lowest BCUT2D eigenvalue weighted by Gasteiger charge is -2.07. The van der Waals surface area contributed by atoms with Crippen LogP contribution in [0.25, 0.3) is 22.8 Å². The van der Waals surface area contributed by atoms with Gasteiger partial charge in [0.2, 0.25) is 5.88 Å². The highest BCUT2D eigenvalue weighted by molar-refractivity contribution is 6.03. The molecule has 6 nitrogen and oxygen atoms in total. The lowest BCUT2D eigenvalue weighted by molar-refractivity contribution is -0.137. The van der Waals surface area contributed by atoms with E-state index in [4.69, 9.17) is 14.7 Å². The van der Waals surface area contributed by atoms with E-state index in [0.29, 0.717) is 6.54 Å². The van der Waals surface area contributed by atoms with E-state index < -0.39 is 17.6 Å². The van der Waals surface area contributed by atoms with Gasteiger partial charge in [0.15, 0.2) is 11.5 Å². The monoisotopic (exact) mass is 407 g/mol. The molecule has 9 heteroatoms. The van der Waals surface area contributed by atoms with Crippen LogP contribution in [-0.2, 0) is 6.18 Å². The lowest BCUT2D eigenvalue weighted by Crippen LogP contribution is -2.25. The highest BCUT2D eigenvalue weighted by Crippen LogP contribution is 2.35. The molecule has 1 aromatic carbocycles. The molecule has 0 atom stereocenters. The normalized spacial score (nSPS) is 11.6. The average Bonchev–Trinajstić information content (AvgIpc) is 3.31. The lowest BCUT2D eigenvalue weighted by atomic mass is 10.1. The molecule has 29 heavy (non-hydrogen) atoms. The van der Waals surface area contributed by atoms with Gasteiger partial charge in [0, 0.05) is 12.1 Å². The fourth-order valence-electron chi connectivity index (χ4n) is 2.82. The Labute approximate surface area is 164 Å². The van der Waals surface area contributed by atoms with Crippen molar-refractivity contribution in [3.63, 3.8) is 0 Å². The number of halogens is 3. The maximum Gasteiger partial charge on any atom is 0.416 e. The van der Waals surface area contributed by atoms with Gasteiger partial charge in [-0.15, -0.1) is 0 Å². The fraction of sp³-hybridized carbons (Fsp3) is 0.300. The van der Waals surface area contributed by atoms with Crippen molar-refractivity contribution in [3.8, 4) is 22.8 Å². The minimum Gasteiger partial charge on any atom is -0.454 e. The number of amides is 1. The number of carbonyl (C=O) groups excluding carboxylic acids is 1. The molecule has 3 N–H and O–H groups in total. The van der Waals surface area contributed by atoms with Crippen LogP contribution in [0.3, 0.4) is 0 Å². The molecule has 0 bridgehead atoms. The van der Waals surface area contributed by atoms with Gasteiger partial charge in [0.05, 0.1) is 5.56 Å². The number of hydrogen-bond acceptors (Lipinski definition) is 5. The Morgan fingerprint density at radius 2 is 1.93 bits per heavy atom. The van der Waals surface area contributed by atoms with Crippen LogP contribution < -0.4 is 11.1 Å². The highest BCUT2D eigenvalue weighted by Gasteiger charge is 2.31. The first-order valence-corrected chi connectivity index (χ1v) is 9.12. The zero-order valence-electron chi connectivity index (χ0n) is 15.7. The number of nitrogens with zero attached hydrogens (tertiary/aromatic N) is 1.